The maximum Gasteiger partial charge on any atom is 0.231 e. The monoisotopic (exact) mass is 269 g/mol. The smallest absolute Gasteiger partial charge is 0.231 e. The summed E-state index contributed by atoms with van der Waals surface area (Å²) in [5.41, 5.74) is 7.02. The lowest BCUT2D eigenvalue weighted by molar-refractivity contribution is 0.174. The van der Waals surface area contributed by atoms with Crippen LogP contribution in [0.4, 0.5) is 0 Å². The predicted octanol–water partition coefficient (Wildman–Crippen LogP) is 2.75. The number of halogens is 1. The number of nitrogens with two attached hydrogens (primary N) is 1. The van der Waals surface area contributed by atoms with Gasteiger partial charge in [0.15, 0.2) is 11.5 Å². The highest BCUT2D eigenvalue weighted by Crippen LogP contribution is 2.39. The third kappa shape index (κ3) is 2.01. The molecule has 0 saturated carbocycles. The summed E-state index contributed by atoms with van der Waals surface area (Å²) in [6.07, 6.45) is 2.54. The molecule has 1 heterocycles. The molecule has 15 heavy (non-hydrogen) atoms. The molecule has 1 aliphatic rings. The highest BCUT2D eigenvalue weighted by Gasteiger charge is 2.18. The van der Waals surface area contributed by atoms with E-state index in [1.54, 1.807) is 0 Å². The van der Waals surface area contributed by atoms with Crippen LogP contribution in [0.5, 0.6) is 11.5 Å². The molecule has 0 amide bonds. The van der Waals surface area contributed by atoms with Gasteiger partial charge >= 0.3 is 0 Å². The normalized spacial score (nSPS) is 15.1. The molecule has 80 valence electrons. The minimum atomic E-state index is -0.0635. The second kappa shape index (κ2) is 4.24. The Hall–Kier alpha value is -1.00. The summed E-state index contributed by atoms with van der Waals surface area (Å²) in [6.45, 7) is 3.96. The largest absolute Gasteiger partial charge is 0.454 e. The molecule has 4 heteroatoms. The van der Waals surface area contributed by atoms with E-state index in [0.29, 0.717) is 0 Å². The third-order valence-electron chi connectivity index (χ3n) is 2.31. The summed E-state index contributed by atoms with van der Waals surface area (Å²) < 4.78 is 11.5. The van der Waals surface area contributed by atoms with Crippen LogP contribution in [0.15, 0.2) is 29.3 Å². The fraction of sp³-hybridized carbons (Fsp3) is 0.273. The lowest BCUT2D eigenvalue weighted by Gasteiger charge is -2.12. The summed E-state index contributed by atoms with van der Waals surface area (Å²) in [4.78, 5) is 0. The fourth-order valence-electron chi connectivity index (χ4n) is 1.52. The molecule has 0 spiro atoms. The Kier molecular flexibility index (Phi) is 2.98. The maximum atomic E-state index is 6.00. The van der Waals surface area contributed by atoms with Crippen molar-refractivity contribution in [3.63, 3.8) is 0 Å². The molecule has 1 aliphatic heterocycles. The molecule has 2 N–H and O–H groups in total. The second-order valence-corrected chi connectivity index (χ2v) is 4.21. The average Bonchev–Trinajstić information content (AvgIpc) is 2.63. The van der Waals surface area contributed by atoms with Crippen molar-refractivity contribution in [1.29, 1.82) is 0 Å². The SMILES string of the molecule is C=CC[C@@H](N)c1cc2c(cc1Br)OCO2. The van der Waals surface area contributed by atoms with Gasteiger partial charge in [0.2, 0.25) is 6.79 Å². The van der Waals surface area contributed by atoms with Crippen LogP contribution in [0.1, 0.15) is 18.0 Å². The Morgan fingerprint density at radius 1 is 1.47 bits per heavy atom. The van der Waals surface area contributed by atoms with E-state index in [1.807, 2.05) is 18.2 Å². The van der Waals surface area contributed by atoms with Gasteiger partial charge in [-0.2, -0.15) is 0 Å². The van der Waals surface area contributed by atoms with Gasteiger partial charge in [-0.15, -0.1) is 6.58 Å². The van der Waals surface area contributed by atoms with Crippen LogP contribution in [-0.4, -0.2) is 6.79 Å². The van der Waals surface area contributed by atoms with Crippen molar-refractivity contribution in [2.45, 2.75) is 12.5 Å². The third-order valence-corrected chi connectivity index (χ3v) is 3.00. The first-order chi connectivity index (χ1) is 7.22. The van der Waals surface area contributed by atoms with E-state index in [1.165, 1.54) is 0 Å². The van der Waals surface area contributed by atoms with Gasteiger partial charge in [0.05, 0.1) is 0 Å². The van der Waals surface area contributed by atoms with Crippen LogP contribution in [0.3, 0.4) is 0 Å². The summed E-state index contributed by atoms with van der Waals surface area (Å²) >= 11 is 3.47. The topological polar surface area (TPSA) is 44.5 Å². The van der Waals surface area contributed by atoms with Gasteiger partial charge in [-0.25, -0.2) is 0 Å². The number of fused-ring (bicyclic) bond motifs is 1. The van der Waals surface area contributed by atoms with E-state index in [-0.39, 0.29) is 12.8 Å². The van der Waals surface area contributed by atoms with Crippen molar-refractivity contribution >= 4 is 15.9 Å². The van der Waals surface area contributed by atoms with Crippen molar-refractivity contribution < 1.29 is 9.47 Å². The molecular weight excluding hydrogens is 258 g/mol. The van der Waals surface area contributed by atoms with Gasteiger partial charge in [-0.05, 0) is 24.1 Å². The van der Waals surface area contributed by atoms with Crippen LogP contribution in [0.2, 0.25) is 0 Å². The zero-order chi connectivity index (χ0) is 10.8. The van der Waals surface area contributed by atoms with Crippen LogP contribution >= 0.6 is 15.9 Å². The lowest BCUT2D eigenvalue weighted by Crippen LogP contribution is -2.09. The molecular formula is C11H12BrNO2. The summed E-state index contributed by atoms with van der Waals surface area (Å²) in [7, 11) is 0. The Labute approximate surface area is 97.0 Å². The Bertz CT molecular complexity index is 392. The van der Waals surface area contributed by atoms with E-state index in [2.05, 4.69) is 22.5 Å². The number of rotatable bonds is 3. The second-order valence-electron chi connectivity index (χ2n) is 3.36. The first kappa shape index (κ1) is 10.5. The minimum Gasteiger partial charge on any atom is -0.454 e. The quantitative estimate of drug-likeness (QED) is 0.859. The van der Waals surface area contributed by atoms with Gasteiger partial charge in [-0.1, -0.05) is 22.0 Å². The van der Waals surface area contributed by atoms with E-state index in [4.69, 9.17) is 15.2 Å². The molecule has 1 atom stereocenters. The first-order valence-corrected chi connectivity index (χ1v) is 5.47. The molecule has 0 aliphatic carbocycles. The zero-order valence-electron chi connectivity index (χ0n) is 8.20. The molecule has 0 bridgehead atoms. The summed E-state index contributed by atoms with van der Waals surface area (Å²) in [6, 6.07) is 3.74. The van der Waals surface area contributed by atoms with Crippen LogP contribution < -0.4 is 15.2 Å². The highest BCUT2D eigenvalue weighted by molar-refractivity contribution is 9.10. The van der Waals surface area contributed by atoms with Gasteiger partial charge in [0.1, 0.15) is 0 Å². The molecule has 0 radical (unpaired) electrons. The number of benzene rings is 1. The van der Waals surface area contributed by atoms with Crippen LogP contribution in [0.25, 0.3) is 0 Å². The molecule has 0 aromatic heterocycles. The van der Waals surface area contributed by atoms with E-state index in [9.17, 15) is 0 Å². The molecule has 0 fully saturated rings. The summed E-state index contributed by atoms with van der Waals surface area (Å²) in [5, 5.41) is 0. The van der Waals surface area contributed by atoms with Crippen molar-refractivity contribution in [1.82, 2.24) is 0 Å². The first-order valence-electron chi connectivity index (χ1n) is 4.68. The van der Waals surface area contributed by atoms with E-state index in [0.717, 1.165) is 28.0 Å². The number of hydrogen-bond acceptors (Lipinski definition) is 3. The van der Waals surface area contributed by atoms with Crippen molar-refractivity contribution in [2.75, 3.05) is 6.79 Å². The zero-order valence-corrected chi connectivity index (χ0v) is 9.79. The molecule has 0 unspecified atom stereocenters. The Morgan fingerprint density at radius 2 is 2.13 bits per heavy atom. The minimum absolute atomic E-state index is 0.0635. The van der Waals surface area contributed by atoms with Gasteiger partial charge in [0.25, 0.3) is 0 Å². The van der Waals surface area contributed by atoms with Gasteiger partial charge in [0, 0.05) is 10.5 Å². The molecule has 2 rings (SSSR count). The molecule has 3 nitrogen and oxygen atoms in total. The molecule has 1 aromatic carbocycles. The van der Waals surface area contributed by atoms with Crippen molar-refractivity contribution in [2.24, 2.45) is 5.73 Å². The predicted molar refractivity (Wildman–Crippen MR) is 62.0 cm³/mol. The van der Waals surface area contributed by atoms with Gasteiger partial charge in [-0.3, -0.25) is 0 Å². The standard InChI is InChI=1S/C11H12BrNO2/c1-2-3-9(13)7-4-10-11(5-8(7)12)15-6-14-10/h2,4-5,9H,1,3,6,13H2/t9-/m1/s1. The van der Waals surface area contributed by atoms with Crippen molar-refractivity contribution in [3.8, 4) is 11.5 Å². The molecule has 0 saturated heterocycles. The van der Waals surface area contributed by atoms with Crippen molar-refractivity contribution in [3.05, 3.63) is 34.8 Å². The van der Waals surface area contributed by atoms with E-state index >= 15 is 0 Å². The highest BCUT2D eigenvalue weighted by atomic mass is 79.9. The Morgan fingerprint density at radius 3 is 2.80 bits per heavy atom. The number of hydrogen-bond donors (Lipinski definition) is 1. The lowest BCUT2D eigenvalue weighted by atomic mass is 10.0. The van der Waals surface area contributed by atoms with Crippen LogP contribution in [0, 0.1) is 0 Å². The number of ether oxygens (including phenoxy) is 2. The average molecular weight is 270 g/mol. The van der Waals surface area contributed by atoms with Gasteiger partial charge < -0.3 is 15.2 Å². The summed E-state index contributed by atoms with van der Waals surface area (Å²) in [5.74, 6) is 1.52. The van der Waals surface area contributed by atoms with Crippen LogP contribution in [-0.2, 0) is 0 Å². The maximum absolute atomic E-state index is 6.00. The molecule has 1 aromatic rings. The van der Waals surface area contributed by atoms with E-state index < -0.39 is 0 Å². The fourth-order valence-corrected chi connectivity index (χ4v) is 2.14. The Balaban J connectivity index is 2.35.